The number of rotatable bonds is 3. The summed E-state index contributed by atoms with van der Waals surface area (Å²) in [6.07, 6.45) is 0.947. The van der Waals surface area contributed by atoms with E-state index in [1.165, 1.54) is 16.7 Å². The molecule has 2 atom stereocenters. The van der Waals surface area contributed by atoms with Crippen molar-refractivity contribution in [2.75, 3.05) is 6.61 Å². The van der Waals surface area contributed by atoms with Crippen LogP contribution >= 0.6 is 0 Å². The molecule has 0 saturated carbocycles. The third-order valence-electron chi connectivity index (χ3n) is 4.89. The number of nitrogens with zero attached hydrogens (tertiary/aromatic N) is 2. The molecule has 0 radical (unpaired) electrons. The SMILES string of the molecule is CC(C)[C@H]1COC(N2[CH-]c3ccccc3[C@H]2Cc2ccccc2)=N1.[Li+]. The van der Waals surface area contributed by atoms with Crippen LogP contribution in [-0.4, -0.2) is 23.6 Å². The molecule has 0 N–H and O–H groups in total. The van der Waals surface area contributed by atoms with Gasteiger partial charge in [-0.25, -0.2) is 4.99 Å². The number of fused-ring (bicyclic) bond motifs is 1. The summed E-state index contributed by atoms with van der Waals surface area (Å²) in [6, 6.07) is 20.5. The summed E-state index contributed by atoms with van der Waals surface area (Å²) in [6.45, 7) is 7.27. The van der Waals surface area contributed by atoms with Gasteiger partial charge in [0.2, 0.25) is 0 Å². The quantitative estimate of drug-likeness (QED) is 0.626. The zero-order valence-corrected chi connectivity index (χ0v) is 15.2. The van der Waals surface area contributed by atoms with E-state index in [2.05, 4.69) is 79.9 Å². The molecule has 124 valence electrons. The maximum atomic E-state index is 5.95. The summed E-state index contributed by atoms with van der Waals surface area (Å²) < 4.78 is 5.95. The Morgan fingerprint density at radius 2 is 1.84 bits per heavy atom. The van der Waals surface area contributed by atoms with E-state index < -0.39 is 0 Å². The van der Waals surface area contributed by atoms with Gasteiger partial charge in [-0.3, -0.25) is 0 Å². The molecule has 2 aromatic rings. The van der Waals surface area contributed by atoms with Crippen LogP contribution in [0.15, 0.2) is 59.6 Å². The first-order chi connectivity index (χ1) is 11.7. The van der Waals surface area contributed by atoms with Crippen LogP contribution in [-0.2, 0) is 11.2 Å². The second-order valence-corrected chi connectivity index (χ2v) is 6.90. The van der Waals surface area contributed by atoms with Gasteiger partial charge < -0.3 is 9.64 Å². The minimum Gasteiger partial charge on any atom is -0.463 e. The summed E-state index contributed by atoms with van der Waals surface area (Å²) in [7, 11) is 0. The first-order valence-electron chi connectivity index (χ1n) is 8.69. The molecule has 4 heteroatoms. The van der Waals surface area contributed by atoms with E-state index in [0.717, 1.165) is 12.4 Å². The molecule has 0 saturated heterocycles. The fourth-order valence-corrected chi connectivity index (χ4v) is 3.41. The standard InChI is InChI=1S/C21H23N2O.Li/c1-15(2)19-14-24-21(22-19)23-13-17-10-6-7-11-18(17)20(23)12-16-8-4-3-5-9-16;/h3-11,13,15,19-20H,12,14H2,1-2H3;/q-1;+1/t19-,20-;/m1./s1. The van der Waals surface area contributed by atoms with Crippen LogP contribution in [0.4, 0.5) is 0 Å². The Morgan fingerprint density at radius 1 is 1.12 bits per heavy atom. The molecule has 2 aromatic carbocycles. The molecule has 0 bridgehead atoms. The van der Waals surface area contributed by atoms with Gasteiger partial charge >= 0.3 is 18.9 Å². The first-order valence-corrected chi connectivity index (χ1v) is 8.69. The summed E-state index contributed by atoms with van der Waals surface area (Å²) in [4.78, 5) is 7.06. The maximum Gasteiger partial charge on any atom is 1.00 e. The second-order valence-electron chi connectivity index (χ2n) is 6.90. The molecule has 3 nitrogen and oxygen atoms in total. The van der Waals surface area contributed by atoms with E-state index in [-0.39, 0.29) is 30.9 Å². The van der Waals surface area contributed by atoms with Crippen LogP contribution in [0.1, 0.15) is 36.6 Å². The van der Waals surface area contributed by atoms with Crippen molar-refractivity contribution in [3.05, 3.63) is 77.8 Å². The second kappa shape index (κ2) is 7.60. The average molecular weight is 326 g/mol. The third-order valence-corrected chi connectivity index (χ3v) is 4.89. The number of hydrogen-bond donors (Lipinski definition) is 0. The summed E-state index contributed by atoms with van der Waals surface area (Å²) in [5, 5.41) is 0. The molecule has 0 unspecified atom stereocenters. The molecular formula is C21H23LiN2O. The van der Waals surface area contributed by atoms with E-state index >= 15 is 0 Å². The largest absolute Gasteiger partial charge is 1.00 e. The third kappa shape index (κ3) is 3.59. The molecule has 4 rings (SSSR count). The van der Waals surface area contributed by atoms with Gasteiger partial charge in [0.05, 0.1) is 6.04 Å². The first kappa shape index (κ1) is 18.0. The minimum absolute atomic E-state index is 0. The molecule has 0 aromatic heterocycles. The zero-order chi connectivity index (χ0) is 16.5. The van der Waals surface area contributed by atoms with Gasteiger partial charge in [0.25, 0.3) is 6.02 Å². The smallest absolute Gasteiger partial charge is 0.463 e. The van der Waals surface area contributed by atoms with Crippen LogP contribution < -0.4 is 18.9 Å². The predicted molar refractivity (Wildman–Crippen MR) is 96.6 cm³/mol. The number of hydrogen-bond acceptors (Lipinski definition) is 3. The summed E-state index contributed by atoms with van der Waals surface area (Å²) in [5.41, 5.74) is 3.94. The van der Waals surface area contributed by atoms with Crippen LogP contribution in [0, 0.1) is 12.5 Å². The number of ether oxygens (including phenoxy) is 1. The Bertz CT molecular complexity index is 745. The van der Waals surface area contributed by atoms with Crippen LogP contribution in [0.25, 0.3) is 0 Å². The minimum atomic E-state index is 0. The Morgan fingerprint density at radius 3 is 2.56 bits per heavy atom. The van der Waals surface area contributed by atoms with E-state index in [1.54, 1.807) is 0 Å². The van der Waals surface area contributed by atoms with E-state index in [0.29, 0.717) is 12.5 Å². The summed E-state index contributed by atoms with van der Waals surface area (Å²) >= 11 is 0. The Hall–Kier alpha value is -1.82. The number of aliphatic imine (C=N–C) groups is 1. The maximum absolute atomic E-state index is 5.95. The van der Waals surface area contributed by atoms with Gasteiger partial charge in [0.15, 0.2) is 0 Å². The Kier molecular flexibility index (Phi) is 5.47. The van der Waals surface area contributed by atoms with Gasteiger partial charge in [0.1, 0.15) is 6.61 Å². The Labute approximate surface area is 162 Å². The van der Waals surface area contributed by atoms with Crippen LogP contribution in [0.2, 0.25) is 0 Å². The summed E-state index contributed by atoms with van der Waals surface area (Å²) in [5.74, 6) is 0.500. The van der Waals surface area contributed by atoms with Crippen LogP contribution in [0.3, 0.4) is 0 Å². The molecule has 0 spiro atoms. The number of amidine groups is 1. The van der Waals surface area contributed by atoms with Crippen molar-refractivity contribution in [1.82, 2.24) is 4.90 Å². The normalized spacial score (nSPS) is 21.2. The van der Waals surface area contributed by atoms with Crippen molar-refractivity contribution in [2.45, 2.75) is 32.4 Å². The average Bonchev–Trinajstić information content (AvgIpc) is 3.21. The van der Waals surface area contributed by atoms with Gasteiger partial charge in [-0.15, -0.1) is 17.7 Å². The van der Waals surface area contributed by atoms with Crippen molar-refractivity contribution in [1.29, 1.82) is 0 Å². The van der Waals surface area contributed by atoms with Crippen molar-refractivity contribution in [3.63, 3.8) is 0 Å². The Balaban J connectivity index is 0.00000182. The van der Waals surface area contributed by atoms with Crippen molar-refractivity contribution in [2.24, 2.45) is 10.9 Å². The molecule has 2 aliphatic rings. The monoisotopic (exact) mass is 326 g/mol. The van der Waals surface area contributed by atoms with E-state index in [4.69, 9.17) is 9.73 Å². The van der Waals surface area contributed by atoms with Crippen LogP contribution in [0.5, 0.6) is 0 Å². The molecule has 0 fully saturated rings. The zero-order valence-electron chi connectivity index (χ0n) is 15.2. The number of benzene rings is 2. The molecular weight excluding hydrogens is 303 g/mol. The molecule has 0 aliphatic carbocycles. The van der Waals surface area contributed by atoms with Gasteiger partial charge in [-0.2, -0.15) is 11.6 Å². The van der Waals surface area contributed by atoms with Crippen molar-refractivity contribution >= 4 is 6.02 Å². The molecule has 25 heavy (non-hydrogen) atoms. The molecule has 2 aliphatic heterocycles. The fraction of sp³-hybridized carbons (Fsp3) is 0.333. The fourth-order valence-electron chi connectivity index (χ4n) is 3.41. The predicted octanol–water partition coefficient (Wildman–Crippen LogP) is 1.21. The van der Waals surface area contributed by atoms with E-state index in [9.17, 15) is 0 Å². The van der Waals surface area contributed by atoms with Gasteiger partial charge in [-0.05, 0) is 17.9 Å². The van der Waals surface area contributed by atoms with E-state index in [1.807, 2.05) is 0 Å². The molecule has 2 heterocycles. The van der Waals surface area contributed by atoms with Crippen molar-refractivity contribution in [3.8, 4) is 0 Å². The topological polar surface area (TPSA) is 24.8 Å². The van der Waals surface area contributed by atoms with Gasteiger partial charge in [-0.1, -0.05) is 56.8 Å². The van der Waals surface area contributed by atoms with Crippen molar-refractivity contribution < 1.29 is 23.6 Å². The van der Waals surface area contributed by atoms with Gasteiger partial charge in [0, 0.05) is 6.04 Å². The molecule has 0 amide bonds.